The van der Waals surface area contributed by atoms with Crippen LogP contribution >= 0.6 is 0 Å². The van der Waals surface area contributed by atoms with Gasteiger partial charge in [0, 0.05) is 57.0 Å². The molecule has 1 fully saturated rings. The lowest BCUT2D eigenvalue weighted by atomic mass is 9.94. The number of amides is 2. The molecule has 210 valence electrons. The van der Waals surface area contributed by atoms with Crippen LogP contribution in [-0.2, 0) is 11.8 Å². The molecule has 2 N–H and O–H groups in total. The van der Waals surface area contributed by atoms with Crippen LogP contribution in [0.1, 0.15) is 17.0 Å². The highest BCUT2D eigenvalue weighted by atomic mass is 19.2. The molecule has 4 aromatic rings. The van der Waals surface area contributed by atoms with E-state index in [1.807, 2.05) is 6.92 Å². The molecule has 1 saturated heterocycles. The Morgan fingerprint density at radius 2 is 1.95 bits per heavy atom. The van der Waals surface area contributed by atoms with Gasteiger partial charge in [0.25, 0.3) is 0 Å². The van der Waals surface area contributed by atoms with Crippen molar-refractivity contribution in [2.75, 3.05) is 38.7 Å². The molecule has 3 heterocycles. The van der Waals surface area contributed by atoms with E-state index in [0.717, 1.165) is 11.6 Å². The number of nitrogens with one attached hydrogen (secondary N) is 2. The number of likely N-dealkylation sites (tertiary alicyclic amines) is 1. The molecule has 40 heavy (non-hydrogen) atoms. The third-order valence-electron chi connectivity index (χ3n) is 7.08. The number of benzene rings is 2. The summed E-state index contributed by atoms with van der Waals surface area (Å²) in [5.41, 5.74) is 3.00. The maximum absolute atomic E-state index is 14.1. The van der Waals surface area contributed by atoms with Gasteiger partial charge in [0.05, 0.1) is 24.5 Å². The fourth-order valence-electron chi connectivity index (χ4n) is 5.08. The summed E-state index contributed by atoms with van der Waals surface area (Å²) in [7, 11) is 3.39. The number of hydrogen-bond acceptors (Lipinski definition) is 5. The molecule has 2 aromatic carbocycles. The number of nitrogens with zero attached hydrogens (tertiary/aromatic N) is 5. The van der Waals surface area contributed by atoms with Crippen molar-refractivity contribution in [2.24, 2.45) is 7.05 Å². The number of urea groups is 1. The fraction of sp³-hybridized carbons (Fsp3) is 0.321. The molecular formula is C28H30F3N7O2. The van der Waals surface area contributed by atoms with Gasteiger partial charge in [-0.25, -0.2) is 22.6 Å². The number of rotatable bonds is 8. The summed E-state index contributed by atoms with van der Waals surface area (Å²) >= 11 is 0. The largest absolute Gasteiger partial charge is 0.383 e. The Labute approximate surface area is 229 Å². The summed E-state index contributed by atoms with van der Waals surface area (Å²) < 4.78 is 50.1. The van der Waals surface area contributed by atoms with E-state index in [-0.39, 0.29) is 5.92 Å². The average molecular weight is 554 g/mol. The summed E-state index contributed by atoms with van der Waals surface area (Å²) in [6, 6.07) is 8.82. The molecule has 1 aliphatic rings. The van der Waals surface area contributed by atoms with Crippen LogP contribution in [0.15, 0.2) is 54.9 Å². The summed E-state index contributed by atoms with van der Waals surface area (Å²) in [5, 5.41) is 14.8. The quantitative estimate of drug-likeness (QED) is 0.341. The van der Waals surface area contributed by atoms with E-state index in [0.29, 0.717) is 54.6 Å². The molecule has 1 aliphatic heterocycles. The fourth-order valence-corrected chi connectivity index (χ4v) is 5.08. The zero-order valence-corrected chi connectivity index (χ0v) is 22.4. The third-order valence-corrected chi connectivity index (χ3v) is 7.08. The van der Waals surface area contributed by atoms with Crippen LogP contribution in [0.3, 0.4) is 0 Å². The first-order chi connectivity index (χ1) is 19.2. The smallest absolute Gasteiger partial charge is 0.320 e. The van der Waals surface area contributed by atoms with Crippen molar-refractivity contribution < 1.29 is 22.7 Å². The summed E-state index contributed by atoms with van der Waals surface area (Å²) in [6.45, 7) is 3.95. The number of carbonyl (C=O) groups is 1. The van der Waals surface area contributed by atoms with Crippen molar-refractivity contribution in [1.82, 2.24) is 29.8 Å². The standard InChI is InChI=1S/C28H30F3N7O2/c1-17-26(19-13-32-36(2)14-19)35-38(21-6-4-5-20(29)12-21)27(17)34-28(39)33-25-16-37(9-10-40-3)15-22(25)18-7-8-23(30)24(31)11-18/h4-8,11-14,22,25H,9-10,15-16H2,1-3H3,(H2,33,34,39)/t22-,25+/m0/s1. The number of methoxy groups -OCH3 is 1. The Hall–Kier alpha value is -4.16. The van der Waals surface area contributed by atoms with Crippen LogP contribution in [0, 0.1) is 24.4 Å². The van der Waals surface area contributed by atoms with Gasteiger partial charge in [0.1, 0.15) is 17.3 Å². The Kier molecular flexibility index (Phi) is 7.90. The van der Waals surface area contributed by atoms with Gasteiger partial charge in [-0.2, -0.15) is 10.2 Å². The minimum Gasteiger partial charge on any atom is -0.383 e. The van der Waals surface area contributed by atoms with E-state index in [1.165, 1.54) is 22.9 Å². The first-order valence-electron chi connectivity index (χ1n) is 12.8. The molecule has 2 atom stereocenters. The van der Waals surface area contributed by atoms with Crippen molar-refractivity contribution in [1.29, 1.82) is 0 Å². The highest BCUT2D eigenvalue weighted by Gasteiger charge is 2.35. The third kappa shape index (κ3) is 5.73. The maximum atomic E-state index is 14.1. The minimum atomic E-state index is -0.936. The predicted octanol–water partition coefficient (Wildman–Crippen LogP) is 4.23. The molecule has 0 aliphatic carbocycles. The summed E-state index contributed by atoms with van der Waals surface area (Å²) in [5.74, 6) is -2.22. The van der Waals surface area contributed by atoms with Crippen molar-refractivity contribution in [3.05, 3.63) is 83.4 Å². The number of aromatic nitrogens is 4. The Balaban J connectivity index is 1.43. The number of ether oxygens (including phenoxy) is 1. The molecule has 9 nitrogen and oxygen atoms in total. The van der Waals surface area contributed by atoms with E-state index in [2.05, 4.69) is 25.7 Å². The molecule has 0 unspecified atom stereocenters. The second-order valence-corrected chi connectivity index (χ2v) is 9.85. The molecule has 2 amide bonds. The molecule has 0 spiro atoms. The van der Waals surface area contributed by atoms with Gasteiger partial charge < -0.3 is 10.1 Å². The lowest BCUT2D eigenvalue weighted by molar-refractivity contribution is 0.159. The molecule has 0 bridgehead atoms. The van der Waals surface area contributed by atoms with Crippen LogP contribution in [0.25, 0.3) is 16.9 Å². The van der Waals surface area contributed by atoms with E-state index in [4.69, 9.17) is 4.74 Å². The van der Waals surface area contributed by atoms with Gasteiger partial charge >= 0.3 is 6.03 Å². The van der Waals surface area contributed by atoms with Gasteiger partial charge in [-0.05, 0) is 42.8 Å². The van der Waals surface area contributed by atoms with E-state index in [9.17, 15) is 18.0 Å². The zero-order valence-electron chi connectivity index (χ0n) is 22.4. The first kappa shape index (κ1) is 27.4. The average Bonchev–Trinajstić information content (AvgIpc) is 3.62. The van der Waals surface area contributed by atoms with Gasteiger partial charge in [0.2, 0.25) is 0 Å². The minimum absolute atomic E-state index is 0.280. The number of halogens is 3. The Bertz CT molecular complexity index is 1520. The first-order valence-corrected chi connectivity index (χ1v) is 12.8. The molecule has 0 saturated carbocycles. The highest BCUT2D eigenvalue weighted by molar-refractivity contribution is 5.91. The lowest BCUT2D eigenvalue weighted by Crippen LogP contribution is -2.42. The van der Waals surface area contributed by atoms with Crippen molar-refractivity contribution in [3.8, 4) is 16.9 Å². The van der Waals surface area contributed by atoms with Crippen LogP contribution < -0.4 is 10.6 Å². The molecule has 0 radical (unpaired) electrons. The topological polar surface area (TPSA) is 89.2 Å². The number of anilines is 1. The van der Waals surface area contributed by atoms with Crippen LogP contribution in [0.5, 0.6) is 0 Å². The van der Waals surface area contributed by atoms with Crippen molar-refractivity contribution >= 4 is 11.8 Å². The van der Waals surface area contributed by atoms with Crippen molar-refractivity contribution in [2.45, 2.75) is 18.9 Å². The Morgan fingerprint density at radius 1 is 1.12 bits per heavy atom. The van der Waals surface area contributed by atoms with Gasteiger partial charge in [-0.1, -0.05) is 12.1 Å². The zero-order chi connectivity index (χ0) is 28.4. The normalized spacial score (nSPS) is 17.4. The van der Waals surface area contributed by atoms with Crippen LogP contribution in [0.2, 0.25) is 0 Å². The van der Waals surface area contributed by atoms with E-state index < -0.39 is 29.5 Å². The highest BCUT2D eigenvalue weighted by Crippen LogP contribution is 2.32. The second kappa shape index (κ2) is 11.5. The molecule has 2 aromatic heterocycles. The van der Waals surface area contributed by atoms with Gasteiger partial charge in [0.15, 0.2) is 11.6 Å². The molecular weight excluding hydrogens is 523 g/mol. The monoisotopic (exact) mass is 553 g/mol. The van der Waals surface area contributed by atoms with E-state index >= 15 is 0 Å². The van der Waals surface area contributed by atoms with Crippen molar-refractivity contribution in [3.63, 3.8) is 0 Å². The number of aryl methyl sites for hydroxylation is 1. The predicted molar refractivity (Wildman–Crippen MR) is 144 cm³/mol. The summed E-state index contributed by atoms with van der Waals surface area (Å²) in [4.78, 5) is 15.5. The lowest BCUT2D eigenvalue weighted by Gasteiger charge is -2.21. The number of carbonyl (C=O) groups excluding carboxylic acids is 1. The van der Waals surface area contributed by atoms with Gasteiger partial charge in [-0.3, -0.25) is 14.9 Å². The summed E-state index contributed by atoms with van der Waals surface area (Å²) in [6.07, 6.45) is 3.46. The van der Waals surface area contributed by atoms with E-state index in [1.54, 1.807) is 49.4 Å². The van der Waals surface area contributed by atoms with Crippen LogP contribution in [-0.4, -0.2) is 69.9 Å². The molecule has 12 heteroatoms. The number of hydrogen-bond donors (Lipinski definition) is 2. The van der Waals surface area contributed by atoms with Crippen LogP contribution in [0.4, 0.5) is 23.8 Å². The van der Waals surface area contributed by atoms with Gasteiger partial charge in [-0.15, -0.1) is 0 Å². The SMILES string of the molecule is COCCN1C[C@@H](NC(=O)Nc2c(C)c(-c3cnn(C)c3)nn2-c2cccc(F)c2)[C@H](c2ccc(F)c(F)c2)C1. The second-order valence-electron chi connectivity index (χ2n) is 9.85. The maximum Gasteiger partial charge on any atom is 0.320 e. The molecule has 5 rings (SSSR count). The Morgan fingerprint density at radius 3 is 2.65 bits per heavy atom.